The van der Waals surface area contributed by atoms with Gasteiger partial charge in [0.2, 0.25) is 5.91 Å². The summed E-state index contributed by atoms with van der Waals surface area (Å²) in [6, 6.07) is 3.39. The number of pyridine rings is 1. The molecule has 0 aliphatic rings. The zero-order valence-corrected chi connectivity index (χ0v) is 12.2. The van der Waals surface area contributed by atoms with Crippen LogP contribution in [-0.2, 0) is 4.79 Å². The number of aromatic nitrogens is 1. The van der Waals surface area contributed by atoms with Crippen LogP contribution in [0.2, 0.25) is 0 Å². The van der Waals surface area contributed by atoms with Gasteiger partial charge < -0.3 is 15.7 Å². The number of carbonyl (C=O) groups is 3. The average Bonchev–Trinajstić information content (AvgIpc) is 2.46. The SMILES string of the molecule is CCC(C)NC(=O)C(C)NC(=O)c1cccc(C(=O)O)n1. The zero-order chi connectivity index (χ0) is 16.0. The lowest BCUT2D eigenvalue weighted by molar-refractivity contribution is -0.123. The van der Waals surface area contributed by atoms with Crippen molar-refractivity contribution in [3.8, 4) is 0 Å². The Morgan fingerprint density at radius 3 is 2.38 bits per heavy atom. The molecule has 0 bridgehead atoms. The van der Waals surface area contributed by atoms with Crippen molar-refractivity contribution in [3.05, 3.63) is 29.6 Å². The van der Waals surface area contributed by atoms with Crippen molar-refractivity contribution in [1.82, 2.24) is 15.6 Å². The third-order valence-electron chi connectivity index (χ3n) is 2.94. The molecular weight excluding hydrogens is 274 g/mol. The quantitative estimate of drug-likeness (QED) is 0.719. The molecule has 0 aromatic carbocycles. The number of hydrogen-bond donors (Lipinski definition) is 3. The van der Waals surface area contributed by atoms with E-state index in [0.29, 0.717) is 0 Å². The predicted octanol–water partition coefficient (Wildman–Crippen LogP) is 0.813. The second-order valence-electron chi connectivity index (χ2n) is 4.73. The van der Waals surface area contributed by atoms with Gasteiger partial charge in [0.05, 0.1) is 0 Å². The molecule has 114 valence electrons. The fraction of sp³-hybridized carbons (Fsp3) is 0.429. The van der Waals surface area contributed by atoms with Crippen LogP contribution in [-0.4, -0.2) is 40.0 Å². The highest BCUT2D eigenvalue weighted by atomic mass is 16.4. The second kappa shape index (κ2) is 7.37. The Labute approximate surface area is 122 Å². The number of amides is 2. The molecule has 0 aliphatic carbocycles. The van der Waals surface area contributed by atoms with Crippen molar-refractivity contribution < 1.29 is 19.5 Å². The van der Waals surface area contributed by atoms with Gasteiger partial charge in [-0.1, -0.05) is 13.0 Å². The molecule has 1 aromatic heterocycles. The van der Waals surface area contributed by atoms with Crippen molar-refractivity contribution in [1.29, 1.82) is 0 Å². The third kappa shape index (κ3) is 4.87. The van der Waals surface area contributed by atoms with E-state index in [4.69, 9.17) is 5.11 Å². The summed E-state index contributed by atoms with van der Waals surface area (Å²) in [5.74, 6) is -2.11. The van der Waals surface area contributed by atoms with E-state index in [9.17, 15) is 14.4 Å². The van der Waals surface area contributed by atoms with Crippen LogP contribution in [0, 0.1) is 0 Å². The molecule has 0 radical (unpaired) electrons. The maximum atomic E-state index is 11.9. The summed E-state index contributed by atoms with van der Waals surface area (Å²) in [7, 11) is 0. The first-order chi connectivity index (χ1) is 9.85. The topological polar surface area (TPSA) is 108 Å². The van der Waals surface area contributed by atoms with Crippen molar-refractivity contribution in [2.45, 2.75) is 39.3 Å². The monoisotopic (exact) mass is 293 g/mol. The van der Waals surface area contributed by atoms with Crippen molar-refractivity contribution in [2.24, 2.45) is 0 Å². The van der Waals surface area contributed by atoms with Gasteiger partial charge in [-0.25, -0.2) is 9.78 Å². The molecule has 2 amide bonds. The average molecular weight is 293 g/mol. The summed E-state index contributed by atoms with van der Waals surface area (Å²) >= 11 is 0. The standard InChI is InChI=1S/C14H19N3O4/c1-4-8(2)15-12(18)9(3)16-13(19)10-6-5-7-11(17-10)14(20)21/h5-9H,4H2,1-3H3,(H,15,18)(H,16,19)(H,20,21). The van der Waals surface area contributed by atoms with Gasteiger partial charge in [0.15, 0.2) is 0 Å². The van der Waals surface area contributed by atoms with E-state index in [2.05, 4.69) is 15.6 Å². The van der Waals surface area contributed by atoms with E-state index in [-0.39, 0.29) is 23.3 Å². The number of rotatable bonds is 6. The van der Waals surface area contributed by atoms with Gasteiger partial charge in [-0.05, 0) is 32.4 Å². The van der Waals surface area contributed by atoms with E-state index in [1.807, 2.05) is 13.8 Å². The number of hydrogen-bond acceptors (Lipinski definition) is 4. The molecule has 3 N–H and O–H groups in total. The molecule has 0 saturated heterocycles. The smallest absolute Gasteiger partial charge is 0.354 e. The van der Waals surface area contributed by atoms with Crippen molar-refractivity contribution >= 4 is 17.8 Å². The molecule has 1 rings (SSSR count). The highest BCUT2D eigenvalue weighted by Crippen LogP contribution is 2.00. The molecule has 0 spiro atoms. The summed E-state index contributed by atoms with van der Waals surface area (Å²) in [5, 5.41) is 14.1. The summed E-state index contributed by atoms with van der Waals surface area (Å²) in [4.78, 5) is 38.3. The number of aromatic carboxylic acids is 1. The van der Waals surface area contributed by atoms with Crippen LogP contribution in [0.5, 0.6) is 0 Å². The zero-order valence-electron chi connectivity index (χ0n) is 12.2. The summed E-state index contributed by atoms with van der Waals surface area (Å²) in [6.45, 7) is 5.36. The van der Waals surface area contributed by atoms with Gasteiger partial charge >= 0.3 is 5.97 Å². The molecule has 7 nitrogen and oxygen atoms in total. The Kier molecular flexibility index (Phi) is 5.83. The third-order valence-corrected chi connectivity index (χ3v) is 2.94. The molecule has 2 atom stereocenters. The minimum absolute atomic E-state index is 0.0188. The van der Waals surface area contributed by atoms with E-state index < -0.39 is 17.9 Å². The minimum Gasteiger partial charge on any atom is -0.477 e. The molecular formula is C14H19N3O4. The normalized spacial score (nSPS) is 13.1. The van der Waals surface area contributed by atoms with Gasteiger partial charge in [-0.3, -0.25) is 9.59 Å². The molecule has 0 aliphatic heterocycles. The van der Waals surface area contributed by atoms with E-state index in [1.54, 1.807) is 6.92 Å². The summed E-state index contributed by atoms with van der Waals surface area (Å²) in [5.41, 5.74) is -0.266. The lowest BCUT2D eigenvalue weighted by Gasteiger charge is -2.17. The van der Waals surface area contributed by atoms with Crippen LogP contribution in [0.25, 0.3) is 0 Å². The maximum absolute atomic E-state index is 11.9. The lowest BCUT2D eigenvalue weighted by Crippen LogP contribution is -2.47. The predicted molar refractivity (Wildman–Crippen MR) is 76.0 cm³/mol. The number of nitrogens with one attached hydrogen (secondary N) is 2. The molecule has 2 unspecified atom stereocenters. The highest BCUT2D eigenvalue weighted by molar-refractivity contribution is 5.97. The largest absolute Gasteiger partial charge is 0.477 e. The lowest BCUT2D eigenvalue weighted by atomic mass is 10.2. The molecule has 7 heteroatoms. The summed E-state index contributed by atoms with van der Waals surface area (Å²) < 4.78 is 0. The number of nitrogens with zero attached hydrogens (tertiary/aromatic N) is 1. The second-order valence-corrected chi connectivity index (χ2v) is 4.73. The van der Waals surface area contributed by atoms with Crippen LogP contribution in [0.3, 0.4) is 0 Å². The fourth-order valence-electron chi connectivity index (χ4n) is 1.49. The molecule has 1 heterocycles. The van der Waals surface area contributed by atoms with Crippen LogP contribution >= 0.6 is 0 Å². The number of carboxylic acid groups (broad SMARTS) is 1. The first-order valence-electron chi connectivity index (χ1n) is 6.66. The van der Waals surface area contributed by atoms with Gasteiger partial charge in [0.1, 0.15) is 17.4 Å². The van der Waals surface area contributed by atoms with Crippen LogP contribution < -0.4 is 10.6 Å². The number of carboxylic acids is 1. The highest BCUT2D eigenvalue weighted by Gasteiger charge is 2.19. The van der Waals surface area contributed by atoms with Gasteiger partial charge in [0.25, 0.3) is 5.91 Å². The Morgan fingerprint density at radius 1 is 1.19 bits per heavy atom. The number of carbonyl (C=O) groups excluding carboxylic acids is 2. The van der Waals surface area contributed by atoms with E-state index in [1.165, 1.54) is 18.2 Å². The molecule has 21 heavy (non-hydrogen) atoms. The van der Waals surface area contributed by atoms with Crippen molar-refractivity contribution in [3.63, 3.8) is 0 Å². The first kappa shape index (κ1) is 16.6. The van der Waals surface area contributed by atoms with Crippen LogP contribution in [0.4, 0.5) is 0 Å². The van der Waals surface area contributed by atoms with Crippen molar-refractivity contribution in [2.75, 3.05) is 0 Å². The van der Waals surface area contributed by atoms with Gasteiger partial charge in [0, 0.05) is 6.04 Å². The van der Waals surface area contributed by atoms with Crippen LogP contribution in [0.15, 0.2) is 18.2 Å². The van der Waals surface area contributed by atoms with E-state index >= 15 is 0 Å². The summed E-state index contributed by atoms with van der Waals surface area (Å²) in [6.07, 6.45) is 0.786. The Hall–Kier alpha value is -2.44. The van der Waals surface area contributed by atoms with E-state index in [0.717, 1.165) is 6.42 Å². The fourth-order valence-corrected chi connectivity index (χ4v) is 1.49. The molecule has 0 fully saturated rings. The Bertz CT molecular complexity index is 545. The molecule has 0 saturated carbocycles. The maximum Gasteiger partial charge on any atom is 0.354 e. The first-order valence-corrected chi connectivity index (χ1v) is 6.66. The Balaban J connectivity index is 2.70. The van der Waals surface area contributed by atoms with Gasteiger partial charge in [-0.15, -0.1) is 0 Å². The molecule has 1 aromatic rings. The van der Waals surface area contributed by atoms with Gasteiger partial charge in [-0.2, -0.15) is 0 Å². The van der Waals surface area contributed by atoms with Crippen LogP contribution in [0.1, 0.15) is 48.2 Å². The Morgan fingerprint density at radius 2 is 1.81 bits per heavy atom. The minimum atomic E-state index is -1.22.